The molecule has 1 fully saturated rings. The Hall–Kier alpha value is -2.94. The lowest BCUT2D eigenvalue weighted by molar-refractivity contribution is -0.125. The van der Waals surface area contributed by atoms with E-state index in [4.69, 9.17) is 0 Å². The number of amides is 1. The van der Waals surface area contributed by atoms with E-state index in [1.165, 1.54) is 0 Å². The molecule has 1 saturated heterocycles. The standard InChI is InChI=1S/C20H23N5O/c1-14-15(2)23-24-19(18(14)12-21)25-10-8-17(9-11-25)20(26)22-13-16-6-4-3-5-7-16/h3-7,17H,8-11,13H2,1-2H3,(H,22,26). The third kappa shape index (κ3) is 3.83. The molecular weight excluding hydrogens is 326 g/mol. The molecule has 0 atom stereocenters. The second-order valence-corrected chi connectivity index (χ2v) is 6.69. The Morgan fingerprint density at radius 2 is 1.92 bits per heavy atom. The predicted octanol–water partition coefficient (Wildman–Crippen LogP) is 2.50. The van der Waals surface area contributed by atoms with Gasteiger partial charge in [0.1, 0.15) is 11.6 Å². The Balaban J connectivity index is 1.58. The number of hydrogen-bond donors (Lipinski definition) is 1. The number of aryl methyl sites for hydroxylation is 1. The largest absolute Gasteiger partial charge is 0.354 e. The first-order valence-corrected chi connectivity index (χ1v) is 8.90. The van der Waals surface area contributed by atoms with E-state index in [0.29, 0.717) is 31.0 Å². The summed E-state index contributed by atoms with van der Waals surface area (Å²) in [5.74, 6) is 0.735. The molecule has 134 valence electrons. The Bertz CT molecular complexity index is 820. The van der Waals surface area contributed by atoms with Gasteiger partial charge in [-0.2, -0.15) is 10.4 Å². The molecular formula is C20H23N5O. The van der Waals surface area contributed by atoms with Gasteiger partial charge in [0.05, 0.1) is 5.69 Å². The molecule has 3 rings (SSSR count). The lowest BCUT2D eigenvalue weighted by atomic mass is 9.95. The molecule has 1 aromatic carbocycles. The van der Waals surface area contributed by atoms with Crippen molar-refractivity contribution in [2.75, 3.05) is 18.0 Å². The topological polar surface area (TPSA) is 81.9 Å². The maximum Gasteiger partial charge on any atom is 0.223 e. The van der Waals surface area contributed by atoms with Crippen LogP contribution in [0.2, 0.25) is 0 Å². The SMILES string of the molecule is Cc1nnc(N2CCC(C(=O)NCc3ccccc3)CC2)c(C#N)c1C. The molecule has 0 radical (unpaired) electrons. The molecule has 0 bridgehead atoms. The monoisotopic (exact) mass is 349 g/mol. The van der Waals surface area contributed by atoms with Crippen LogP contribution >= 0.6 is 0 Å². The van der Waals surface area contributed by atoms with Crippen LogP contribution < -0.4 is 10.2 Å². The lowest BCUT2D eigenvalue weighted by Crippen LogP contribution is -2.41. The number of piperidine rings is 1. The van der Waals surface area contributed by atoms with E-state index in [2.05, 4.69) is 26.5 Å². The Labute approximate surface area is 153 Å². The zero-order valence-electron chi connectivity index (χ0n) is 15.2. The highest BCUT2D eigenvalue weighted by Gasteiger charge is 2.27. The number of carbonyl (C=O) groups excluding carboxylic acids is 1. The average Bonchev–Trinajstić information content (AvgIpc) is 2.69. The molecule has 0 saturated carbocycles. The summed E-state index contributed by atoms with van der Waals surface area (Å²) < 4.78 is 0. The van der Waals surface area contributed by atoms with Crippen LogP contribution in [0.15, 0.2) is 30.3 Å². The fourth-order valence-electron chi connectivity index (χ4n) is 3.23. The van der Waals surface area contributed by atoms with Gasteiger partial charge in [-0.25, -0.2) is 0 Å². The summed E-state index contributed by atoms with van der Waals surface area (Å²) in [5.41, 5.74) is 3.34. The molecule has 1 aliphatic heterocycles. The average molecular weight is 349 g/mol. The molecule has 2 aromatic rings. The van der Waals surface area contributed by atoms with E-state index >= 15 is 0 Å². The van der Waals surface area contributed by atoms with Gasteiger partial charge in [0.2, 0.25) is 5.91 Å². The second-order valence-electron chi connectivity index (χ2n) is 6.69. The van der Waals surface area contributed by atoms with Crippen LogP contribution in [0.1, 0.15) is 35.2 Å². The quantitative estimate of drug-likeness (QED) is 0.917. The summed E-state index contributed by atoms with van der Waals surface area (Å²) in [6.07, 6.45) is 1.50. The number of rotatable bonds is 4. The highest BCUT2D eigenvalue weighted by atomic mass is 16.1. The minimum Gasteiger partial charge on any atom is -0.354 e. The lowest BCUT2D eigenvalue weighted by Gasteiger charge is -2.32. The van der Waals surface area contributed by atoms with Crippen molar-refractivity contribution >= 4 is 11.7 Å². The molecule has 2 heterocycles. The number of benzene rings is 1. The third-order valence-corrected chi connectivity index (χ3v) is 5.02. The van der Waals surface area contributed by atoms with Crippen molar-refractivity contribution in [3.8, 4) is 6.07 Å². The van der Waals surface area contributed by atoms with E-state index in [9.17, 15) is 10.1 Å². The van der Waals surface area contributed by atoms with Crippen LogP contribution in [0.25, 0.3) is 0 Å². The predicted molar refractivity (Wildman–Crippen MR) is 99.4 cm³/mol. The minimum absolute atomic E-state index is 0.00000226. The van der Waals surface area contributed by atoms with Crippen molar-refractivity contribution in [2.45, 2.75) is 33.2 Å². The van der Waals surface area contributed by atoms with Crippen molar-refractivity contribution in [2.24, 2.45) is 5.92 Å². The first-order valence-electron chi connectivity index (χ1n) is 8.90. The number of nitrogens with zero attached hydrogens (tertiary/aromatic N) is 4. The number of nitriles is 1. The van der Waals surface area contributed by atoms with Crippen LogP contribution in [0, 0.1) is 31.1 Å². The van der Waals surface area contributed by atoms with E-state index in [1.807, 2.05) is 44.2 Å². The van der Waals surface area contributed by atoms with Crippen molar-refractivity contribution in [1.82, 2.24) is 15.5 Å². The first kappa shape index (κ1) is 17.9. The van der Waals surface area contributed by atoms with Gasteiger partial charge >= 0.3 is 0 Å². The normalized spacial score (nSPS) is 14.7. The molecule has 0 aliphatic carbocycles. The van der Waals surface area contributed by atoms with Crippen LogP contribution in [0.3, 0.4) is 0 Å². The van der Waals surface area contributed by atoms with Crippen LogP contribution in [0.4, 0.5) is 5.82 Å². The van der Waals surface area contributed by atoms with Gasteiger partial charge in [-0.3, -0.25) is 4.79 Å². The molecule has 1 N–H and O–H groups in total. The third-order valence-electron chi connectivity index (χ3n) is 5.02. The highest BCUT2D eigenvalue weighted by molar-refractivity contribution is 5.79. The zero-order chi connectivity index (χ0) is 18.5. The van der Waals surface area contributed by atoms with Crippen molar-refractivity contribution in [1.29, 1.82) is 5.26 Å². The highest BCUT2D eigenvalue weighted by Crippen LogP contribution is 2.26. The maximum absolute atomic E-state index is 12.4. The van der Waals surface area contributed by atoms with Crippen LogP contribution in [-0.2, 0) is 11.3 Å². The summed E-state index contributed by atoms with van der Waals surface area (Å²) in [6.45, 7) is 5.72. The summed E-state index contributed by atoms with van der Waals surface area (Å²) in [4.78, 5) is 14.5. The zero-order valence-corrected chi connectivity index (χ0v) is 15.2. The number of aromatic nitrogens is 2. The number of nitrogens with one attached hydrogen (secondary N) is 1. The fraction of sp³-hybridized carbons (Fsp3) is 0.400. The van der Waals surface area contributed by atoms with Crippen molar-refractivity contribution in [3.63, 3.8) is 0 Å². The van der Waals surface area contributed by atoms with Crippen molar-refractivity contribution in [3.05, 3.63) is 52.7 Å². The molecule has 1 aliphatic rings. The van der Waals surface area contributed by atoms with E-state index in [-0.39, 0.29) is 11.8 Å². The summed E-state index contributed by atoms with van der Waals surface area (Å²) >= 11 is 0. The minimum atomic E-state index is 0.00000226. The van der Waals surface area contributed by atoms with Gasteiger partial charge in [-0.1, -0.05) is 30.3 Å². The maximum atomic E-state index is 12.4. The number of carbonyl (C=O) groups is 1. The van der Waals surface area contributed by atoms with Crippen LogP contribution in [0.5, 0.6) is 0 Å². The summed E-state index contributed by atoms with van der Waals surface area (Å²) in [6, 6.07) is 12.2. The molecule has 0 unspecified atom stereocenters. The van der Waals surface area contributed by atoms with Gasteiger partial charge in [0.25, 0.3) is 0 Å². The van der Waals surface area contributed by atoms with Crippen molar-refractivity contribution < 1.29 is 4.79 Å². The first-order chi connectivity index (χ1) is 12.6. The molecule has 6 nitrogen and oxygen atoms in total. The second kappa shape index (κ2) is 7.96. The Morgan fingerprint density at radius 3 is 2.58 bits per heavy atom. The molecule has 1 aromatic heterocycles. The van der Waals surface area contributed by atoms with Gasteiger partial charge in [0, 0.05) is 25.6 Å². The van der Waals surface area contributed by atoms with Gasteiger partial charge < -0.3 is 10.2 Å². The van der Waals surface area contributed by atoms with E-state index in [0.717, 1.165) is 29.7 Å². The molecule has 26 heavy (non-hydrogen) atoms. The number of anilines is 1. The molecule has 6 heteroatoms. The molecule has 1 amide bonds. The molecule has 0 spiro atoms. The van der Waals surface area contributed by atoms with E-state index in [1.54, 1.807) is 0 Å². The smallest absolute Gasteiger partial charge is 0.223 e. The van der Waals surface area contributed by atoms with Gasteiger partial charge in [-0.05, 0) is 37.8 Å². The van der Waals surface area contributed by atoms with Gasteiger partial charge in [0.15, 0.2) is 5.82 Å². The Morgan fingerprint density at radius 1 is 1.23 bits per heavy atom. The summed E-state index contributed by atoms with van der Waals surface area (Å²) in [5, 5.41) is 20.9. The fourth-order valence-corrected chi connectivity index (χ4v) is 3.23. The Kier molecular flexibility index (Phi) is 5.47. The van der Waals surface area contributed by atoms with E-state index < -0.39 is 0 Å². The van der Waals surface area contributed by atoms with Crippen LogP contribution in [-0.4, -0.2) is 29.2 Å². The summed E-state index contributed by atoms with van der Waals surface area (Å²) in [7, 11) is 0. The number of hydrogen-bond acceptors (Lipinski definition) is 5. The van der Waals surface area contributed by atoms with Gasteiger partial charge in [-0.15, -0.1) is 5.10 Å².